The van der Waals surface area contributed by atoms with Crippen LogP contribution in [0.4, 0.5) is 0 Å². The summed E-state index contributed by atoms with van der Waals surface area (Å²) in [6.07, 6.45) is 1.57. The zero-order valence-corrected chi connectivity index (χ0v) is 18.3. The van der Waals surface area contributed by atoms with Crippen LogP contribution in [0, 0.1) is 6.92 Å². The summed E-state index contributed by atoms with van der Waals surface area (Å²) in [7, 11) is 1.92. The molecule has 0 spiro atoms. The Kier molecular flexibility index (Phi) is 5.45. The predicted octanol–water partition coefficient (Wildman–Crippen LogP) is 3.08. The molecule has 1 amide bonds. The zero-order valence-electron chi connectivity index (χ0n) is 18.3. The minimum absolute atomic E-state index is 0.0377. The second kappa shape index (κ2) is 8.41. The number of hydrogen-bond acceptors (Lipinski definition) is 5. The van der Waals surface area contributed by atoms with Crippen molar-refractivity contribution >= 4 is 5.91 Å². The van der Waals surface area contributed by atoms with Crippen LogP contribution in [-0.4, -0.2) is 51.1 Å². The number of nitrogens with zero attached hydrogens (tertiary/aromatic N) is 3. The highest BCUT2D eigenvalue weighted by molar-refractivity contribution is 6.01. The molecule has 0 bridgehead atoms. The summed E-state index contributed by atoms with van der Waals surface area (Å²) in [5.74, 6) is 0.507. The first-order valence-corrected chi connectivity index (χ1v) is 10.9. The molecule has 7 nitrogen and oxygen atoms in total. The zero-order chi connectivity index (χ0) is 22.2. The predicted molar refractivity (Wildman–Crippen MR) is 119 cm³/mol. The lowest BCUT2D eigenvalue weighted by molar-refractivity contribution is -0.0752. The van der Waals surface area contributed by atoms with E-state index in [4.69, 9.17) is 9.47 Å². The molecule has 1 aromatic heterocycles. The second-order valence-corrected chi connectivity index (χ2v) is 8.54. The molecule has 1 saturated heterocycles. The molecular weight excluding hydrogens is 406 g/mol. The van der Waals surface area contributed by atoms with Crippen LogP contribution in [0.3, 0.4) is 0 Å². The van der Waals surface area contributed by atoms with Crippen LogP contribution in [0.25, 0.3) is 11.1 Å². The Morgan fingerprint density at radius 1 is 1.22 bits per heavy atom. The molecular formula is C25H27N3O4. The Hall–Kier alpha value is -3.16. The number of benzene rings is 2. The number of rotatable bonds is 5. The Morgan fingerprint density at radius 2 is 2.03 bits per heavy atom. The van der Waals surface area contributed by atoms with Gasteiger partial charge in [-0.3, -0.25) is 9.48 Å². The lowest BCUT2D eigenvalue weighted by atomic mass is 10.0. The summed E-state index contributed by atoms with van der Waals surface area (Å²) in [6, 6.07) is 14.0. The maximum Gasteiger partial charge on any atom is 0.258 e. The quantitative estimate of drug-likeness (QED) is 0.669. The van der Waals surface area contributed by atoms with Gasteiger partial charge in [0.25, 0.3) is 5.91 Å². The number of aliphatic hydroxyl groups excluding tert-OH is 1. The summed E-state index contributed by atoms with van der Waals surface area (Å²) in [6.45, 7) is 3.88. The van der Waals surface area contributed by atoms with E-state index in [0.29, 0.717) is 37.4 Å². The highest BCUT2D eigenvalue weighted by Gasteiger charge is 2.33. The lowest BCUT2D eigenvalue weighted by Gasteiger charge is -2.28. The molecule has 2 atom stereocenters. The van der Waals surface area contributed by atoms with Crippen LogP contribution < -0.4 is 4.74 Å². The topological polar surface area (TPSA) is 76.8 Å². The number of aromatic nitrogens is 2. The normalized spacial score (nSPS) is 20.5. The van der Waals surface area contributed by atoms with E-state index in [0.717, 1.165) is 27.9 Å². The number of ether oxygens (including phenoxy) is 2. The smallest absolute Gasteiger partial charge is 0.258 e. The molecule has 3 aromatic rings. The van der Waals surface area contributed by atoms with E-state index in [1.807, 2.05) is 47.9 Å². The third-order valence-corrected chi connectivity index (χ3v) is 6.17. The van der Waals surface area contributed by atoms with Gasteiger partial charge < -0.3 is 19.5 Å². The van der Waals surface area contributed by atoms with Crippen LogP contribution in [0.5, 0.6) is 5.75 Å². The molecule has 32 heavy (non-hydrogen) atoms. The fourth-order valence-electron chi connectivity index (χ4n) is 4.51. The van der Waals surface area contributed by atoms with E-state index in [9.17, 15) is 9.90 Å². The molecule has 166 valence electrons. The average molecular weight is 434 g/mol. The van der Waals surface area contributed by atoms with Gasteiger partial charge >= 0.3 is 0 Å². The molecule has 0 radical (unpaired) electrons. The van der Waals surface area contributed by atoms with Crippen LogP contribution >= 0.6 is 0 Å². The van der Waals surface area contributed by atoms with Crippen molar-refractivity contribution < 1.29 is 19.4 Å². The van der Waals surface area contributed by atoms with Gasteiger partial charge in [0.05, 0.1) is 24.5 Å². The molecule has 2 aliphatic heterocycles. The average Bonchev–Trinajstić information content (AvgIpc) is 3.29. The summed E-state index contributed by atoms with van der Waals surface area (Å²) in [4.78, 5) is 15.1. The van der Waals surface area contributed by atoms with Crippen LogP contribution in [0.1, 0.15) is 33.6 Å². The van der Waals surface area contributed by atoms with E-state index in [2.05, 4.69) is 29.4 Å². The van der Waals surface area contributed by atoms with Gasteiger partial charge in [-0.2, -0.15) is 5.10 Å². The fraction of sp³-hybridized carbons (Fsp3) is 0.360. The van der Waals surface area contributed by atoms with Crippen molar-refractivity contribution in [3.05, 3.63) is 71.0 Å². The molecule has 0 saturated carbocycles. The minimum atomic E-state index is -0.686. The maximum absolute atomic E-state index is 13.2. The Bertz CT molecular complexity index is 1140. The van der Waals surface area contributed by atoms with Crippen LogP contribution in [-0.2, 0) is 24.9 Å². The number of amides is 1. The number of aliphatic hydroxyl groups is 1. The fourth-order valence-corrected chi connectivity index (χ4v) is 4.51. The summed E-state index contributed by atoms with van der Waals surface area (Å²) >= 11 is 0. The Morgan fingerprint density at radius 3 is 2.75 bits per heavy atom. The summed E-state index contributed by atoms with van der Waals surface area (Å²) in [5.41, 5.74) is 5.85. The Labute approximate surface area is 187 Å². The first kappa shape index (κ1) is 20.7. The summed E-state index contributed by atoms with van der Waals surface area (Å²) < 4.78 is 13.2. The van der Waals surface area contributed by atoms with Gasteiger partial charge in [0, 0.05) is 38.3 Å². The number of carbonyl (C=O) groups excluding carboxylic acids is 1. The van der Waals surface area contributed by atoms with E-state index >= 15 is 0 Å². The van der Waals surface area contributed by atoms with Gasteiger partial charge in [-0.25, -0.2) is 0 Å². The van der Waals surface area contributed by atoms with Crippen molar-refractivity contribution in [3.63, 3.8) is 0 Å². The molecule has 0 aliphatic carbocycles. The van der Waals surface area contributed by atoms with Crippen molar-refractivity contribution in [2.45, 2.75) is 38.6 Å². The van der Waals surface area contributed by atoms with Crippen molar-refractivity contribution in [2.24, 2.45) is 7.05 Å². The molecule has 3 heterocycles. The number of hydrogen-bond donors (Lipinski definition) is 1. The van der Waals surface area contributed by atoms with Crippen molar-refractivity contribution in [1.82, 2.24) is 14.7 Å². The third-order valence-electron chi connectivity index (χ3n) is 6.17. The Balaban J connectivity index is 1.31. The van der Waals surface area contributed by atoms with Gasteiger partial charge in [0.1, 0.15) is 18.0 Å². The van der Waals surface area contributed by atoms with E-state index < -0.39 is 6.10 Å². The van der Waals surface area contributed by atoms with Crippen molar-refractivity contribution in [2.75, 3.05) is 13.2 Å². The first-order chi connectivity index (χ1) is 15.5. The van der Waals surface area contributed by atoms with Gasteiger partial charge in [-0.1, -0.05) is 36.4 Å². The SMILES string of the molecule is Cc1nn(C)cc1-c1ccc(CN2Cc3cccc(O[C@H]4CCOC[C@@H]4O)c3C2=O)cc1. The van der Waals surface area contributed by atoms with E-state index in [1.165, 1.54) is 0 Å². The lowest BCUT2D eigenvalue weighted by Crippen LogP contribution is -2.40. The highest BCUT2D eigenvalue weighted by atomic mass is 16.5. The largest absolute Gasteiger partial charge is 0.487 e. The first-order valence-electron chi connectivity index (χ1n) is 10.9. The third kappa shape index (κ3) is 3.89. The molecule has 7 heteroatoms. The van der Waals surface area contributed by atoms with Gasteiger partial charge in [0.2, 0.25) is 0 Å². The molecule has 2 aliphatic rings. The number of carbonyl (C=O) groups is 1. The maximum atomic E-state index is 13.2. The molecule has 0 unspecified atom stereocenters. The molecule has 1 fully saturated rings. The van der Waals surface area contributed by atoms with Gasteiger partial charge in [-0.15, -0.1) is 0 Å². The van der Waals surface area contributed by atoms with E-state index in [-0.39, 0.29) is 18.6 Å². The van der Waals surface area contributed by atoms with Gasteiger partial charge in [0.15, 0.2) is 0 Å². The monoisotopic (exact) mass is 433 g/mol. The van der Waals surface area contributed by atoms with Crippen LogP contribution in [0.2, 0.25) is 0 Å². The second-order valence-electron chi connectivity index (χ2n) is 8.54. The van der Waals surface area contributed by atoms with E-state index in [1.54, 1.807) is 0 Å². The molecule has 2 aromatic carbocycles. The number of fused-ring (bicyclic) bond motifs is 1. The standard InChI is InChI=1S/C25H27N3O4/c1-16-20(14-27(2)26-16)18-8-6-17(7-9-18)12-28-13-19-4-3-5-23(24(19)25(28)30)32-22-10-11-31-15-21(22)29/h3-9,14,21-22,29H,10-13,15H2,1-2H3/t21-,22-/m0/s1. The molecule has 1 N–H and O–H groups in total. The van der Waals surface area contributed by atoms with Crippen molar-refractivity contribution in [1.29, 1.82) is 0 Å². The summed E-state index contributed by atoms with van der Waals surface area (Å²) in [5, 5.41) is 14.6. The molecule has 5 rings (SSSR count). The van der Waals surface area contributed by atoms with Crippen LogP contribution in [0.15, 0.2) is 48.7 Å². The number of aryl methyl sites for hydroxylation is 2. The minimum Gasteiger partial charge on any atom is -0.487 e. The van der Waals surface area contributed by atoms with Crippen molar-refractivity contribution in [3.8, 4) is 16.9 Å². The highest BCUT2D eigenvalue weighted by Crippen LogP contribution is 2.33. The van der Waals surface area contributed by atoms with Gasteiger partial charge in [-0.05, 0) is 29.7 Å².